The first-order valence-electron chi connectivity index (χ1n) is 11.2. The van der Waals surface area contributed by atoms with Crippen molar-refractivity contribution in [2.24, 2.45) is 5.10 Å². The molecule has 4 rings (SSSR count). The molecule has 1 heterocycles. The highest BCUT2D eigenvalue weighted by atomic mass is 127. The Labute approximate surface area is 231 Å². The number of phenols is 1. The predicted molar refractivity (Wildman–Crippen MR) is 158 cm³/mol. The number of benzene rings is 3. The summed E-state index contributed by atoms with van der Waals surface area (Å²) in [5.41, 5.74) is 3.96. The maximum Gasteiger partial charge on any atom is 0.282 e. The molecule has 0 radical (unpaired) electrons. The molecule has 180 valence electrons. The van der Waals surface area contributed by atoms with Gasteiger partial charge in [-0.25, -0.2) is 4.98 Å². The van der Waals surface area contributed by atoms with Crippen LogP contribution in [0.4, 0.5) is 0 Å². The average molecular weight is 693 g/mol. The Kier molecular flexibility index (Phi) is 7.80. The molecule has 0 spiro atoms. The summed E-state index contributed by atoms with van der Waals surface area (Å²) in [4.78, 5) is 18.4. The van der Waals surface area contributed by atoms with Gasteiger partial charge in [0, 0.05) is 5.56 Å². The first-order chi connectivity index (χ1) is 16.7. The van der Waals surface area contributed by atoms with E-state index in [1.54, 1.807) is 12.3 Å². The molecule has 0 unspecified atom stereocenters. The quantitative estimate of drug-likeness (QED) is 0.181. The normalized spacial score (nSPS) is 11.6. The van der Waals surface area contributed by atoms with Crippen LogP contribution in [-0.4, -0.2) is 27.6 Å². The summed E-state index contributed by atoms with van der Waals surface area (Å²) in [6, 6.07) is 15.0. The molecule has 0 bridgehead atoms. The first-order valence-corrected chi connectivity index (χ1v) is 13.4. The molecule has 8 heteroatoms. The number of aryl methyl sites for hydroxylation is 1. The first kappa shape index (κ1) is 25.6. The van der Waals surface area contributed by atoms with E-state index in [0.29, 0.717) is 30.5 Å². The predicted octanol–water partition coefficient (Wildman–Crippen LogP) is 6.69. The maximum atomic E-state index is 13.6. The van der Waals surface area contributed by atoms with Crippen molar-refractivity contribution >= 4 is 62.3 Å². The van der Waals surface area contributed by atoms with Crippen molar-refractivity contribution in [3.8, 4) is 22.9 Å². The Bertz CT molecular complexity index is 1490. The van der Waals surface area contributed by atoms with Gasteiger partial charge in [0.15, 0.2) is 5.82 Å². The fourth-order valence-corrected chi connectivity index (χ4v) is 5.68. The van der Waals surface area contributed by atoms with Gasteiger partial charge in [-0.1, -0.05) is 26.0 Å². The van der Waals surface area contributed by atoms with Gasteiger partial charge in [-0.05, 0) is 118 Å². The van der Waals surface area contributed by atoms with Crippen LogP contribution in [0.15, 0.2) is 58.4 Å². The van der Waals surface area contributed by atoms with E-state index in [2.05, 4.69) is 70.2 Å². The number of ether oxygens (including phenoxy) is 1. The third kappa shape index (κ3) is 5.23. The molecule has 4 aromatic rings. The van der Waals surface area contributed by atoms with Crippen LogP contribution in [0.1, 0.15) is 43.4 Å². The number of fused-ring (bicyclic) bond motifs is 1. The number of aromatic nitrogens is 2. The number of hydrogen-bond donors (Lipinski definition) is 1. The summed E-state index contributed by atoms with van der Waals surface area (Å²) < 4.78 is 8.68. The van der Waals surface area contributed by atoms with E-state index in [0.717, 1.165) is 28.0 Å². The number of rotatable bonds is 6. The number of halogens is 2. The van der Waals surface area contributed by atoms with E-state index in [9.17, 15) is 9.90 Å². The van der Waals surface area contributed by atoms with Gasteiger partial charge in [0.05, 0.1) is 30.9 Å². The molecular weight excluding hydrogens is 668 g/mol. The Morgan fingerprint density at radius 1 is 1.14 bits per heavy atom. The zero-order valence-electron chi connectivity index (χ0n) is 19.8. The van der Waals surface area contributed by atoms with Gasteiger partial charge in [0.1, 0.15) is 11.5 Å². The fraction of sp³-hybridized carbons (Fsp3) is 0.222. The minimum Gasteiger partial charge on any atom is -0.506 e. The van der Waals surface area contributed by atoms with Crippen LogP contribution in [-0.2, 0) is 0 Å². The third-order valence-electron chi connectivity index (χ3n) is 5.63. The summed E-state index contributed by atoms with van der Waals surface area (Å²) in [5.74, 6) is 1.77. The molecule has 1 aromatic heterocycles. The van der Waals surface area contributed by atoms with Gasteiger partial charge in [-0.3, -0.25) is 4.79 Å². The number of aromatic hydroxyl groups is 1. The van der Waals surface area contributed by atoms with Crippen molar-refractivity contribution in [3.63, 3.8) is 0 Å². The second kappa shape index (κ2) is 10.7. The van der Waals surface area contributed by atoms with E-state index in [-0.39, 0.29) is 17.2 Å². The molecule has 6 nitrogen and oxygen atoms in total. The second-order valence-corrected chi connectivity index (χ2v) is 10.8. The Morgan fingerprint density at radius 3 is 2.49 bits per heavy atom. The van der Waals surface area contributed by atoms with Crippen LogP contribution in [0.2, 0.25) is 0 Å². The molecule has 0 atom stereocenters. The van der Waals surface area contributed by atoms with Gasteiger partial charge in [0.2, 0.25) is 0 Å². The van der Waals surface area contributed by atoms with E-state index in [1.165, 1.54) is 4.68 Å². The lowest BCUT2D eigenvalue weighted by Gasteiger charge is -2.18. The molecule has 0 saturated heterocycles. The Morgan fingerprint density at radius 2 is 1.83 bits per heavy atom. The van der Waals surface area contributed by atoms with Crippen molar-refractivity contribution in [1.82, 2.24) is 9.66 Å². The van der Waals surface area contributed by atoms with Crippen molar-refractivity contribution < 1.29 is 9.84 Å². The molecule has 0 aliphatic rings. The zero-order chi connectivity index (χ0) is 25.3. The smallest absolute Gasteiger partial charge is 0.282 e. The van der Waals surface area contributed by atoms with Crippen molar-refractivity contribution in [1.29, 1.82) is 0 Å². The Balaban J connectivity index is 1.98. The topological polar surface area (TPSA) is 76.7 Å². The largest absolute Gasteiger partial charge is 0.506 e. The van der Waals surface area contributed by atoms with Crippen molar-refractivity contribution in [2.45, 2.75) is 33.6 Å². The van der Waals surface area contributed by atoms with Gasteiger partial charge in [-0.15, -0.1) is 0 Å². The number of nitrogens with zero attached hydrogens (tertiary/aromatic N) is 3. The van der Waals surface area contributed by atoms with E-state index < -0.39 is 0 Å². The third-order valence-corrected chi connectivity index (χ3v) is 7.28. The zero-order valence-corrected chi connectivity index (χ0v) is 24.2. The van der Waals surface area contributed by atoms with E-state index >= 15 is 0 Å². The molecule has 0 aliphatic heterocycles. The minimum atomic E-state index is -0.246. The van der Waals surface area contributed by atoms with Crippen LogP contribution in [0.3, 0.4) is 0 Å². The number of para-hydroxylation sites is 1. The standard InChI is InChI=1S/C27H25I2N3O3/c1-5-35-24-10-16(4)20(13-19(24)15(2)3)26-31-23-9-7-6-8-18(23)27(34)32(26)30-14-17-11-21(28)25(33)22(29)12-17/h6-15,33H,5H2,1-4H3. The summed E-state index contributed by atoms with van der Waals surface area (Å²) in [5, 5.41) is 15.2. The molecule has 35 heavy (non-hydrogen) atoms. The highest BCUT2D eigenvalue weighted by Gasteiger charge is 2.18. The highest BCUT2D eigenvalue weighted by Crippen LogP contribution is 2.34. The summed E-state index contributed by atoms with van der Waals surface area (Å²) >= 11 is 4.16. The van der Waals surface area contributed by atoms with E-state index in [1.807, 2.05) is 50.2 Å². The molecular formula is C27H25I2N3O3. The molecule has 3 aromatic carbocycles. The summed E-state index contributed by atoms with van der Waals surface area (Å²) in [7, 11) is 0. The van der Waals surface area contributed by atoms with Crippen LogP contribution in [0, 0.1) is 14.1 Å². The van der Waals surface area contributed by atoms with Crippen LogP contribution >= 0.6 is 45.2 Å². The summed E-state index contributed by atoms with van der Waals surface area (Å²) in [6.45, 7) is 8.76. The van der Waals surface area contributed by atoms with Crippen molar-refractivity contribution in [2.75, 3.05) is 6.61 Å². The lowest BCUT2D eigenvalue weighted by atomic mass is 9.96. The average Bonchev–Trinajstić information content (AvgIpc) is 2.82. The van der Waals surface area contributed by atoms with Crippen LogP contribution in [0.5, 0.6) is 11.5 Å². The van der Waals surface area contributed by atoms with Gasteiger partial charge >= 0.3 is 0 Å². The monoisotopic (exact) mass is 693 g/mol. The molecule has 0 saturated carbocycles. The lowest BCUT2D eigenvalue weighted by Crippen LogP contribution is -2.21. The van der Waals surface area contributed by atoms with Gasteiger partial charge < -0.3 is 9.84 Å². The maximum absolute atomic E-state index is 13.6. The van der Waals surface area contributed by atoms with E-state index in [4.69, 9.17) is 9.72 Å². The molecule has 1 N–H and O–H groups in total. The van der Waals surface area contributed by atoms with Crippen molar-refractivity contribution in [3.05, 3.63) is 82.7 Å². The molecule has 0 fully saturated rings. The number of phenolic OH excluding ortho intramolecular Hbond substituents is 1. The second-order valence-electron chi connectivity index (χ2n) is 8.44. The molecule has 0 aliphatic carbocycles. The van der Waals surface area contributed by atoms with Crippen LogP contribution in [0.25, 0.3) is 22.3 Å². The van der Waals surface area contributed by atoms with Gasteiger partial charge in [0.25, 0.3) is 5.56 Å². The SMILES string of the molecule is CCOc1cc(C)c(-c2nc3ccccc3c(=O)n2N=Cc2cc(I)c(O)c(I)c2)cc1C(C)C. The lowest BCUT2D eigenvalue weighted by molar-refractivity contribution is 0.335. The number of hydrogen-bond acceptors (Lipinski definition) is 5. The minimum absolute atomic E-state index is 0.223. The summed E-state index contributed by atoms with van der Waals surface area (Å²) in [6.07, 6.45) is 1.62. The van der Waals surface area contributed by atoms with Gasteiger partial charge in [-0.2, -0.15) is 9.78 Å². The van der Waals surface area contributed by atoms with Crippen LogP contribution < -0.4 is 10.3 Å². The molecule has 0 amide bonds. The fourth-order valence-electron chi connectivity index (χ4n) is 3.86. The highest BCUT2D eigenvalue weighted by molar-refractivity contribution is 14.1. The Hall–Kier alpha value is -2.47.